The second-order valence-electron chi connectivity index (χ2n) is 3.21. The number of hydrogen-bond acceptors (Lipinski definition) is 3. The quantitative estimate of drug-likeness (QED) is 0.793. The third-order valence-electron chi connectivity index (χ3n) is 1.95. The number of rotatable bonds is 3. The van der Waals surface area contributed by atoms with E-state index in [0.717, 1.165) is 0 Å². The van der Waals surface area contributed by atoms with Gasteiger partial charge in [0.05, 0.1) is 5.69 Å². The Morgan fingerprint density at radius 1 is 1.06 bits per heavy atom. The largest absolute Gasteiger partial charge is 0.487 e. The number of nitrogens with one attached hydrogen (secondary N) is 2. The van der Waals surface area contributed by atoms with Gasteiger partial charge in [-0.15, -0.1) is 0 Å². The van der Waals surface area contributed by atoms with E-state index in [-0.39, 0.29) is 6.61 Å². The van der Waals surface area contributed by atoms with Gasteiger partial charge in [0.1, 0.15) is 12.4 Å². The highest BCUT2D eigenvalue weighted by Crippen LogP contribution is 2.09. The van der Waals surface area contributed by atoms with E-state index in [1.807, 2.05) is 18.2 Å². The van der Waals surface area contributed by atoms with Gasteiger partial charge in [0.15, 0.2) is 0 Å². The molecule has 0 amide bonds. The van der Waals surface area contributed by atoms with Gasteiger partial charge in [-0.3, -0.25) is 9.78 Å². The molecule has 5 heteroatoms. The summed E-state index contributed by atoms with van der Waals surface area (Å²) in [6, 6.07) is 10.5. The van der Waals surface area contributed by atoms with Crippen molar-refractivity contribution in [2.45, 2.75) is 6.61 Å². The first-order chi connectivity index (χ1) is 7.74. The molecular weight excluding hydrogens is 208 g/mol. The molecule has 0 bridgehead atoms. The Balaban J connectivity index is 2.11. The molecule has 0 atom stereocenters. The Bertz CT molecular complexity index is 543. The molecule has 5 nitrogen and oxygen atoms in total. The smallest absolute Gasteiger partial charge is 0.326 e. The van der Waals surface area contributed by atoms with Crippen molar-refractivity contribution in [3.63, 3.8) is 0 Å². The van der Waals surface area contributed by atoms with Crippen LogP contribution in [-0.2, 0) is 6.61 Å². The predicted octanol–water partition coefficient (Wildman–Crippen LogP) is 0.642. The number of ether oxygens (including phenoxy) is 1. The fourth-order valence-electron chi connectivity index (χ4n) is 1.27. The van der Waals surface area contributed by atoms with Gasteiger partial charge in [-0.25, -0.2) is 4.79 Å². The summed E-state index contributed by atoms with van der Waals surface area (Å²) in [6.07, 6.45) is 0. The average Bonchev–Trinajstić information content (AvgIpc) is 2.27. The molecule has 1 aromatic carbocycles. The van der Waals surface area contributed by atoms with Gasteiger partial charge in [-0.1, -0.05) is 18.2 Å². The molecule has 0 radical (unpaired) electrons. The van der Waals surface area contributed by atoms with E-state index in [4.69, 9.17) is 4.74 Å². The van der Waals surface area contributed by atoms with Crippen molar-refractivity contribution in [1.82, 2.24) is 9.97 Å². The van der Waals surface area contributed by atoms with Crippen molar-refractivity contribution >= 4 is 0 Å². The first-order valence-electron chi connectivity index (χ1n) is 4.74. The van der Waals surface area contributed by atoms with Crippen LogP contribution in [-0.4, -0.2) is 9.97 Å². The Morgan fingerprint density at radius 2 is 1.81 bits per heavy atom. The number of hydrogen-bond donors (Lipinski definition) is 2. The number of aromatic nitrogens is 2. The van der Waals surface area contributed by atoms with Crippen LogP contribution < -0.4 is 16.0 Å². The fraction of sp³-hybridized carbons (Fsp3) is 0.0909. The standard InChI is InChI=1S/C11H10N2O3/c14-10-6-8(12-11(15)13-10)7-16-9-4-2-1-3-5-9/h1-6H,7H2,(H2,12,13,14,15). The average molecular weight is 218 g/mol. The van der Waals surface area contributed by atoms with E-state index in [2.05, 4.69) is 9.97 Å². The number of para-hydroxylation sites is 1. The summed E-state index contributed by atoms with van der Waals surface area (Å²) in [4.78, 5) is 26.5. The number of H-pyrrole nitrogens is 2. The molecule has 0 aliphatic carbocycles. The first-order valence-corrected chi connectivity index (χ1v) is 4.74. The van der Waals surface area contributed by atoms with Crippen LogP contribution in [0.4, 0.5) is 0 Å². The van der Waals surface area contributed by atoms with Crippen LogP contribution in [0.5, 0.6) is 5.75 Å². The van der Waals surface area contributed by atoms with Crippen LogP contribution in [0.25, 0.3) is 0 Å². The molecule has 16 heavy (non-hydrogen) atoms. The Morgan fingerprint density at radius 3 is 2.50 bits per heavy atom. The normalized spacial score (nSPS) is 10.0. The summed E-state index contributed by atoms with van der Waals surface area (Å²) in [5, 5.41) is 0. The molecule has 0 fully saturated rings. The van der Waals surface area contributed by atoms with E-state index in [0.29, 0.717) is 11.4 Å². The lowest BCUT2D eigenvalue weighted by atomic mass is 10.3. The third-order valence-corrected chi connectivity index (χ3v) is 1.95. The summed E-state index contributed by atoms with van der Waals surface area (Å²) in [7, 11) is 0. The molecule has 1 heterocycles. The van der Waals surface area contributed by atoms with E-state index in [1.54, 1.807) is 12.1 Å². The van der Waals surface area contributed by atoms with E-state index < -0.39 is 11.2 Å². The molecule has 2 N–H and O–H groups in total. The van der Waals surface area contributed by atoms with Crippen LogP contribution in [0.15, 0.2) is 46.0 Å². The summed E-state index contributed by atoms with van der Waals surface area (Å²) in [5.41, 5.74) is -0.521. The van der Waals surface area contributed by atoms with Gasteiger partial charge in [-0.05, 0) is 12.1 Å². The monoisotopic (exact) mass is 218 g/mol. The highest BCUT2D eigenvalue weighted by atomic mass is 16.5. The predicted molar refractivity (Wildman–Crippen MR) is 58.5 cm³/mol. The number of benzene rings is 1. The van der Waals surface area contributed by atoms with E-state index in [1.165, 1.54) is 6.07 Å². The molecule has 2 rings (SSSR count). The molecule has 0 unspecified atom stereocenters. The zero-order chi connectivity index (χ0) is 11.4. The van der Waals surface area contributed by atoms with Crippen LogP contribution >= 0.6 is 0 Å². The maximum Gasteiger partial charge on any atom is 0.326 e. The van der Waals surface area contributed by atoms with Crippen LogP contribution in [0, 0.1) is 0 Å². The molecule has 2 aromatic rings. The van der Waals surface area contributed by atoms with Crippen LogP contribution in [0.2, 0.25) is 0 Å². The van der Waals surface area contributed by atoms with Crippen molar-refractivity contribution in [2.75, 3.05) is 0 Å². The minimum Gasteiger partial charge on any atom is -0.487 e. The highest BCUT2D eigenvalue weighted by molar-refractivity contribution is 5.21. The second-order valence-corrected chi connectivity index (χ2v) is 3.21. The molecule has 0 spiro atoms. The Hall–Kier alpha value is -2.30. The van der Waals surface area contributed by atoms with Gasteiger partial charge >= 0.3 is 5.69 Å². The van der Waals surface area contributed by atoms with E-state index >= 15 is 0 Å². The maximum atomic E-state index is 11.0. The van der Waals surface area contributed by atoms with Crippen molar-refractivity contribution in [2.24, 2.45) is 0 Å². The lowest BCUT2D eigenvalue weighted by Gasteiger charge is -2.04. The first kappa shape index (κ1) is 10.2. The van der Waals surface area contributed by atoms with E-state index in [9.17, 15) is 9.59 Å². The van der Waals surface area contributed by atoms with Gasteiger partial charge in [0, 0.05) is 6.07 Å². The number of aromatic amines is 2. The molecule has 0 aliphatic heterocycles. The van der Waals surface area contributed by atoms with Crippen LogP contribution in [0.3, 0.4) is 0 Å². The SMILES string of the molecule is O=c1cc(COc2ccccc2)[nH]c(=O)[nH]1. The lowest BCUT2D eigenvalue weighted by Crippen LogP contribution is -2.23. The molecular formula is C11H10N2O3. The zero-order valence-electron chi connectivity index (χ0n) is 8.40. The van der Waals surface area contributed by atoms with Gasteiger partial charge in [0.2, 0.25) is 0 Å². The molecule has 0 saturated heterocycles. The lowest BCUT2D eigenvalue weighted by molar-refractivity contribution is 0.300. The molecule has 82 valence electrons. The molecule has 0 saturated carbocycles. The minimum absolute atomic E-state index is 0.156. The maximum absolute atomic E-state index is 11.0. The van der Waals surface area contributed by atoms with Crippen molar-refractivity contribution in [3.05, 3.63) is 62.9 Å². The second kappa shape index (κ2) is 4.48. The summed E-state index contributed by atoms with van der Waals surface area (Å²) in [6.45, 7) is 0.156. The summed E-state index contributed by atoms with van der Waals surface area (Å²) in [5.74, 6) is 0.684. The fourth-order valence-corrected chi connectivity index (χ4v) is 1.27. The van der Waals surface area contributed by atoms with Gasteiger partial charge in [0.25, 0.3) is 5.56 Å². The van der Waals surface area contributed by atoms with Crippen molar-refractivity contribution in [1.29, 1.82) is 0 Å². The van der Waals surface area contributed by atoms with Gasteiger partial charge in [-0.2, -0.15) is 0 Å². The third kappa shape index (κ3) is 2.60. The summed E-state index contributed by atoms with van der Waals surface area (Å²) >= 11 is 0. The topological polar surface area (TPSA) is 75.0 Å². The highest BCUT2D eigenvalue weighted by Gasteiger charge is 1.98. The Labute approximate surface area is 90.7 Å². The molecule has 0 aliphatic rings. The Kier molecular flexibility index (Phi) is 2.86. The summed E-state index contributed by atoms with van der Waals surface area (Å²) < 4.78 is 5.38. The van der Waals surface area contributed by atoms with Gasteiger partial charge < -0.3 is 9.72 Å². The zero-order valence-corrected chi connectivity index (χ0v) is 8.40. The minimum atomic E-state index is -0.529. The van der Waals surface area contributed by atoms with Crippen molar-refractivity contribution < 1.29 is 4.74 Å². The molecule has 1 aromatic heterocycles. The van der Waals surface area contributed by atoms with Crippen LogP contribution in [0.1, 0.15) is 5.69 Å². The van der Waals surface area contributed by atoms with Crippen molar-refractivity contribution in [3.8, 4) is 5.75 Å².